The second-order valence-electron chi connectivity index (χ2n) is 7.98. The molecule has 0 radical (unpaired) electrons. The number of benzene rings is 1. The van der Waals surface area contributed by atoms with Crippen molar-refractivity contribution >= 4 is 45.2 Å². The molecular formula is C20H29NO3S3. The lowest BCUT2D eigenvalue weighted by Crippen LogP contribution is -2.63. The third kappa shape index (κ3) is 5.26. The van der Waals surface area contributed by atoms with E-state index in [2.05, 4.69) is 50.5 Å². The number of amides is 1. The lowest BCUT2D eigenvalue weighted by atomic mass is 9.47. The summed E-state index contributed by atoms with van der Waals surface area (Å²) in [6.07, 6.45) is 2.50. The minimum Gasteiger partial charge on any atom is -0.396 e. The topological polar surface area (TPSA) is 58.6 Å². The molecule has 0 atom stereocenters. The second kappa shape index (κ2) is 9.27. The minimum absolute atomic E-state index is 0.0596. The Bertz CT molecular complexity index is 658. The van der Waals surface area contributed by atoms with E-state index in [4.69, 9.17) is 22.2 Å². The number of carbonyl (C=O) groups excluding carboxylic acids is 1. The quantitative estimate of drug-likeness (QED) is 0.479. The maximum atomic E-state index is 13.0. The molecule has 7 heteroatoms. The van der Waals surface area contributed by atoms with E-state index in [-0.39, 0.29) is 22.7 Å². The first-order chi connectivity index (χ1) is 12.7. The van der Waals surface area contributed by atoms with Gasteiger partial charge < -0.3 is 5.11 Å². The standard InChI is InChI=1S/C20H29NO3S3/c1-18(2,27-17(25)26-11-10-22)20(16(23)21-24-4)13-19(3,14-20)12-15-8-6-5-7-9-15/h5-9,22H,10-14H2,1-4H3,(H,21,23). The van der Waals surface area contributed by atoms with Crippen LogP contribution in [0.1, 0.15) is 39.2 Å². The molecule has 1 aliphatic rings. The Labute approximate surface area is 176 Å². The summed E-state index contributed by atoms with van der Waals surface area (Å²) < 4.78 is 0.376. The summed E-state index contributed by atoms with van der Waals surface area (Å²) in [5.41, 5.74) is 3.37. The molecule has 1 aromatic carbocycles. The van der Waals surface area contributed by atoms with Gasteiger partial charge in [-0.05, 0) is 44.1 Å². The van der Waals surface area contributed by atoms with E-state index < -0.39 is 5.41 Å². The molecule has 0 spiro atoms. The predicted octanol–water partition coefficient (Wildman–Crippen LogP) is 4.22. The first kappa shape index (κ1) is 22.7. The normalized spacial score (nSPS) is 24.9. The maximum Gasteiger partial charge on any atom is 0.251 e. The van der Waals surface area contributed by atoms with Gasteiger partial charge in [0.2, 0.25) is 0 Å². The summed E-state index contributed by atoms with van der Waals surface area (Å²) in [6.45, 7) is 6.51. The van der Waals surface area contributed by atoms with Gasteiger partial charge in [-0.1, -0.05) is 49.5 Å². The molecule has 150 valence electrons. The summed E-state index contributed by atoms with van der Waals surface area (Å²) in [7, 11) is 1.47. The van der Waals surface area contributed by atoms with Crippen LogP contribution in [0, 0.1) is 10.8 Å². The van der Waals surface area contributed by atoms with Crippen LogP contribution in [-0.2, 0) is 16.1 Å². The van der Waals surface area contributed by atoms with Crippen molar-refractivity contribution in [1.82, 2.24) is 5.48 Å². The number of hydrogen-bond donors (Lipinski definition) is 2. The lowest BCUT2D eigenvalue weighted by Gasteiger charge is -2.60. The van der Waals surface area contributed by atoms with E-state index in [1.54, 1.807) is 11.8 Å². The van der Waals surface area contributed by atoms with Crippen LogP contribution in [0.4, 0.5) is 0 Å². The van der Waals surface area contributed by atoms with Gasteiger partial charge in [0.05, 0.1) is 19.1 Å². The molecule has 0 aromatic heterocycles. The highest BCUT2D eigenvalue weighted by molar-refractivity contribution is 8.47. The molecule has 1 aromatic rings. The van der Waals surface area contributed by atoms with Crippen molar-refractivity contribution in [3.05, 3.63) is 35.9 Å². The molecule has 27 heavy (non-hydrogen) atoms. The van der Waals surface area contributed by atoms with E-state index in [0.717, 1.165) is 22.8 Å². The summed E-state index contributed by atoms with van der Waals surface area (Å²) in [5, 5.41) is 9.03. The van der Waals surface area contributed by atoms with E-state index in [1.165, 1.54) is 24.4 Å². The third-order valence-corrected chi connectivity index (χ3v) is 8.26. The van der Waals surface area contributed by atoms with Gasteiger partial charge in [0.15, 0.2) is 0 Å². The highest BCUT2D eigenvalue weighted by Crippen LogP contribution is 2.64. The Balaban J connectivity index is 2.17. The maximum absolute atomic E-state index is 13.0. The van der Waals surface area contributed by atoms with Crippen LogP contribution < -0.4 is 5.48 Å². The highest BCUT2D eigenvalue weighted by Gasteiger charge is 2.63. The van der Waals surface area contributed by atoms with Crippen LogP contribution in [0.25, 0.3) is 0 Å². The molecule has 1 saturated carbocycles. The van der Waals surface area contributed by atoms with Crippen LogP contribution >= 0.6 is 35.7 Å². The Morgan fingerprint density at radius 3 is 2.52 bits per heavy atom. The monoisotopic (exact) mass is 427 g/mol. The van der Waals surface area contributed by atoms with Crippen molar-refractivity contribution in [1.29, 1.82) is 0 Å². The van der Waals surface area contributed by atoms with E-state index >= 15 is 0 Å². The number of rotatable bonds is 8. The van der Waals surface area contributed by atoms with Gasteiger partial charge in [-0.2, -0.15) is 0 Å². The first-order valence-electron chi connectivity index (χ1n) is 9.02. The fourth-order valence-corrected chi connectivity index (χ4v) is 7.23. The Kier molecular flexibility index (Phi) is 7.78. The molecule has 0 saturated heterocycles. The van der Waals surface area contributed by atoms with Crippen LogP contribution in [0.15, 0.2) is 30.3 Å². The van der Waals surface area contributed by atoms with Crippen LogP contribution in [0.3, 0.4) is 0 Å². The summed E-state index contributed by atoms with van der Waals surface area (Å²) >= 11 is 8.49. The average molecular weight is 428 g/mol. The number of hydroxylamine groups is 1. The van der Waals surface area contributed by atoms with Crippen LogP contribution in [0.5, 0.6) is 0 Å². The van der Waals surface area contributed by atoms with Gasteiger partial charge in [0.25, 0.3) is 5.91 Å². The van der Waals surface area contributed by atoms with E-state index in [1.807, 2.05) is 6.07 Å². The fourth-order valence-electron chi connectivity index (χ4n) is 4.13. The van der Waals surface area contributed by atoms with Crippen molar-refractivity contribution in [2.75, 3.05) is 19.5 Å². The number of aliphatic hydroxyl groups is 1. The van der Waals surface area contributed by atoms with Crippen molar-refractivity contribution < 1.29 is 14.7 Å². The molecule has 0 heterocycles. The predicted molar refractivity (Wildman–Crippen MR) is 119 cm³/mol. The molecule has 4 nitrogen and oxygen atoms in total. The fraction of sp³-hybridized carbons (Fsp3) is 0.600. The molecule has 0 bridgehead atoms. The highest BCUT2D eigenvalue weighted by atomic mass is 32.2. The molecule has 1 aliphatic carbocycles. The zero-order valence-electron chi connectivity index (χ0n) is 16.4. The van der Waals surface area contributed by atoms with Gasteiger partial charge in [-0.3, -0.25) is 9.63 Å². The number of nitrogens with one attached hydrogen (secondary N) is 1. The summed E-state index contributed by atoms with van der Waals surface area (Å²) in [5.74, 6) is 0.494. The number of aliphatic hydroxyl groups excluding tert-OH is 1. The van der Waals surface area contributed by atoms with Crippen LogP contribution in [-0.4, -0.2) is 38.8 Å². The second-order valence-corrected chi connectivity index (χ2v) is 11.9. The Hall–Kier alpha value is -0.600. The van der Waals surface area contributed by atoms with Gasteiger partial charge >= 0.3 is 0 Å². The summed E-state index contributed by atoms with van der Waals surface area (Å²) in [4.78, 5) is 17.9. The van der Waals surface area contributed by atoms with E-state index in [0.29, 0.717) is 5.75 Å². The average Bonchev–Trinajstić information content (AvgIpc) is 2.58. The van der Waals surface area contributed by atoms with Crippen molar-refractivity contribution in [3.8, 4) is 0 Å². The minimum atomic E-state index is -0.555. The van der Waals surface area contributed by atoms with Crippen LogP contribution in [0.2, 0.25) is 0 Å². The number of hydrogen-bond acceptors (Lipinski definition) is 6. The molecule has 1 amide bonds. The summed E-state index contributed by atoms with van der Waals surface area (Å²) in [6, 6.07) is 10.4. The van der Waals surface area contributed by atoms with Crippen molar-refractivity contribution in [3.63, 3.8) is 0 Å². The largest absolute Gasteiger partial charge is 0.396 e. The molecule has 0 aliphatic heterocycles. The molecule has 2 N–H and O–H groups in total. The van der Waals surface area contributed by atoms with Crippen molar-refractivity contribution in [2.24, 2.45) is 10.8 Å². The Morgan fingerprint density at radius 2 is 1.96 bits per heavy atom. The van der Waals surface area contributed by atoms with Gasteiger partial charge in [-0.15, -0.1) is 23.5 Å². The third-order valence-electron chi connectivity index (χ3n) is 5.36. The molecule has 2 rings (SSSR count). The zero-order chi connectivity index (χ0) is 20.1. The smallest absolute Gasteiger partial charge is 0.251 e. The van der Waals surface area contributed by atoms with E-state index in [9.17, 15) is 4.79 Å². The van der Waals surface area contributed by atoms with Gasteiger partial charge in [0, 0.05) is 10.5 Å². The number of carbonyl (C=O) groups is 1. The number of thioether (sulfide) groups is 2. The lowest BCUT2D eigenvalue weighted by molar-refractivity contribution is -0.160. The molecule has 1 fully saturated rings. The van der Waals surface area contributed by atoms with Gasteiger partial charge in [-0.25, -0.2) is 5.48 Å². The van der Waals surface area contributed by atoms with Gasteiger partial charge in [0.1, 0.15) is 3.53 Å². The first-order valence-corrected chi connectivity index (χ1v) is 11.2. The zero-order valence-corrected chi connectivity index (χ0v) is 18.9. The number of thiocarbonyl (C=S) groups is 1. The molecule has 0 unspecified atom stereocenters. The Morgan fingerprint density at radius 1 is 1.33 bits per heavy atom. The SMILES string of the molecule is CONC(=O)C1(C(C)(C)SC(=S)SCCO)CC(C)(Cc2ccccc2)C1. The van der Waals surface area contributed by atoms with Crippen molar-refractivity contribution in [2.45, 2.75) is 44.8 Å². The molecular weight excluding hydrogens is 398 g/mol.